The van der Waals surface area contributed by atoms with E-state index >= 15 is 0 Å². The molecule has 1 N–H and O–H groups in total. The summed E-state index contributed by atoms with van der Waals surface area (Å²) in [6, 6.07) is 20.6. The average molecular weight is 448 g/mol. The zero-order valence-corrected chi connectivity index (χ0v) is 18.5. The van der Waals surface area contributed by atoms with Crippen LogP contribution in [0, 0.1) is 6.92 Å². The van der Waals surface area contributed by atoms with Gasteiger partial charge in [-0.25, -0.2) is 0 Å². The maximum Gasteiger partial charge on any atom is 0.295 e. The molecule has 0 aromatic heterocycles. The predicted octanol–water partition coefficient (Wildman–Crippen LogP) is 5.28. The lowest BCUT2D eigenvalue weighted by atomic mass is 9.95. The number of likely N-dealkylation sites (tertiary alicyclic amines) is 1. The summed E-state index contributed by atoms with van der Waals surface area (Å²) in [5.74, 6) is -0.990. The lowest BCUT2D eigenvalue weighted by Crippen LogP contribution is -2.29. The number of carbonyl (C=O) groups excluding carboxylic acids is 2. The standard InChI is InChI=1S/C26H22ClNO4/c1-16-7-9-18(10-8-16)24(29)22-23(17-11-13-20(27)14-12-17)28(26(31)25(22)30)15-19-5-3-4-6-21(19)32-2/h3-14,23,29H,15H2,1-2H3/b24-22+. The van der Waals surface area contributed by atoms with Crippen LogP contribution in [-0.4, -0.2) is 28.8 Å². The van der Waals surface area contributed by atoms with Crippen LogP contribution in [-0.2, 0) is 16.1 Å². The van der Waals surface area contributed by atoms with Gasteiger partial charge in [0.25, 0.3) is 11.7 Å². The molecule has 0 bridgehead atoms. The van der Waals surface area contributed by atoms with E-state index in [9.17, 15) is 14.7 Å². The van der Waals surface area contributed by atoms with Crippen molar-refractivity contribution in [3.05, 3.63) is 106 Å². The molecule has 0 saturated carbocycles. The maximum absolute atomic E-state index is 13.1. The smallest absolute Gasteiger partial charge is 0.295 e. The number of hydrogen-bond donors (Lipinski definition) is 1. The Balaban J connectivity index is 1.86. The number of aliphatic hydroxyl groups is 1. The number of para-hydroxylation sites is 1. The van der Waals surface area contributed by atoms with Crippen molar-refractivity contribution in [3.8, 4) is 5.75 Å². The van der Waals surface area contributed by atoms with Gasteiger partial charge < -0.3 is 14.7 Å². The van der Waals surface area contributed by atoms with Gasteiger partial charge in [-0.15, -0.1) is 0 Å². The van der Waals surface area contributed by atoms with Crippen LogP contribution >= 0.6 is 11.6 Å². The molecular weight excluding hydrogens is 426 g/mol. The number of aliphatic hydroxyl groups excluding tert-OH is 1. The molecule has 4 rings (SSSR count). The summed E-state index contributed by atoms with van der Waals surface area (Å²) in [4.78, 5) is 27.7. The van der Waals surface area contributed by atoms with Crippen LogP contribution in [0.5, 0.6) is 5.75 Å². The molecule has 6 heteroatoms. The second kappa shape index (κ2) is 8.89. The van der Waals surface area contributed by atoms with Crippen LogP contribution in [0.3, 0.4) is 0 Å². The van der Waals surface area contributed by atoms with E-state index < -0.39 is 17.7 Å². The van der Waals surface area contributed by atoms with Crippen LogP contribution in [0.25, 0.3) is 5.76 Å². The topological polar surface area (TPSA) is 66.8 Å². The van der Waals surface area contributed by atoms with Crippen molar-refractivity contribution in [2.45, 2.75) is 19.5 Å². The largest absolute Gasteiger partial charge is 0.507 e. The Morgan fingerprint density at radius 2 is 1.66 bits per heavy atom. The third-order valence-corrected chi connectivity index (χ3v) is 5.84. The van der Waals surface area contributed by atoms with E-state index in [0.29, 0.717) is 21.9 Å². The third kappa shape index (κ3) is 3.99. The van der Waals surface area contributed by atoms with Crippen LogP contribution in [0.1, 0.15) is 28.3 Å². The molecule has 3 aromatic rings. The average Bonchev–Trinajstić information content (AvgIpc) is 3.05. The lowest BCUT2D eigenvalue weighted by molar-refractivity contribution is -0.140. The minimum atomic E-state index is -0.765. The van der Waals surface area contributed by atoms with E-state index in [1.54, 1.807) is 49.6 Å². The van der Waals surface area contributed by atoms with Gasteiger partial charge in [-0.1, -0.05) is 71.8 Å². The molecule has 1 aliphatic heterocycles. The Labute approximate surface area is 191 Å². The zero-order valence-electron chi connectivity index (χ0n) is 17.7. The fourth-order valence-electron chi connectivity index (χ4n) is 3.92. The number of Topliss-reactive ketones (excluding diaryl/α,β-unsaturated/α-hetero) is 1. The number of ether oxygens (including phenoxy) is 1. The van der Waals surface area contributed by atoms with E-state index in [-0.39, 0.29) is 17.9 Å². The number of nitrogens with zero attached hydrogens (tertiary/aromatic N) is 1. The third-order valence-electron chi connectivity index (χ3n) is 5.58. The number of ketones is 1. The Hall–Kier alpha value is -3.57. The molecule has 1 heterocycles. The number of amides is 1. The minimum Gasteiger partial charge on any atom is -0.507 e. The summed E-state index contributed by atoms with van der Waals surface area (Å²) in [7, 11) is 1.56. The van der Waals surface area contributed by atoms with Gasteiger partial charge in [-0.2, -0.15) is 0 Å². The Morgan fingerprint density at radius 3 is 2.31 bits per heavy atom. The number of methoxy groups -OCH3 is 1. The van der Waals surface area contributed by atoms with Gasteiger partial charge in [0.05, 0.1) is 25.3 Å². The lowest BCUT2D eigenvalue weighted by Gasteiger charge is -2.26. The molecule has 32 heavy (non-hydrogen) atoms. The van der Waals surface area contributed by atoms with Crippen LogP contribution < -0.4 is 4.74 Å². The zero-order chi connectivity index (χ0) is 22.8. The van der Waals surface area contributed by atoms with Gasteiger partial charge in [0.15, 0.2) is 0 Å². The second-order valence-corrected chi connectivity index (χ2v) is 8.09. The summed E-state index contributed by atoms with van der Waals surface area (Å²) >= 11 is 6.07. The van der Waals surface area contributed by atoms with E-state index in [1.807, 2.05) is 37.3 Å². The molecule has 1 saturated heterocycles. The molecule has 1 fully saturated rings. The van der Waals surface area contributed by atoms with Gasteiger partial charge in [0, 0.05) is 16.1 Å². The number of rotatable bonds is 5. The van der Waals surface area contributed by atoms with Gasteiger partial charge >= 0.3 is 0 Å². The first kappa shape index (κ1) is 21.7. The van der Waals surface area contributed by atoms with Gasteiger partial charge in [0.1, 0.15) is 11.5 Å². The summed E-state index contributed by atoms with van der Waals surface area (Å²) in [6.07, 6.45) is 0. The number of benzene rings is 3. The van der Waals surface area contributed by atoms with Gasteiger partial charge in [-0.05, 0) is 30.7 Å². The number of halogens is 1. The van der Waals surface area contributed by atoms with Gasteiger partial charge in [0.2, 0.25) is 0 Å². The first-order valence-electron chi connectivity index (χ1n) is 10.1. The number of hydrogen-bond acceptors (Lipinski definition) is 4. The minimum absolute atomic E-state index is 0.0519. The van der Waals surface area contributed by atoms with Crippen LogP contribution in [0.4, 0.5) is 0 Å². The molecule has 1 atom stereocenters. The Morgan fingerprint density at radius 1 is 1.00 bits per heavy atom. The highest BCUT2D eigenvalue weighted by Gasteiger charge is 2.46. The highest BCUT2D eigenvalue weighted by atomic mass is 35.5. The quantitative estimate of drug-likeness (QED) is 0.328. The second-order valence-electron chi connectivity index (χ2n) is 7.66. The summed E-state index contributed by atoms with van der Waals surface area (Å²) in [5.41, 5.74) is 2.98. The van der Waals surface area contributed by atoms with Gasteiger partial charge in [-0.3, -0.25) is 9.59 Å². The number of aryl methyl sites for hydroxylation is 1. The molecule has 3 aromatic carbocycles. The van der Waals surface area contributed by atoms with E-state index in [4.69, 9.17) is 16.3 Å². The fourth-order valence-corrected chi connectivity index (χ4v) is 4.04. The predicted molar refractivity (Wildman–Crippen MR) is 123 cm³/mol. The summed E-state index contributed by atoms with van der Waals surface area (Å²) in [5, 5.41) is 11.6. The Kier molecular flexibility index (Phi) is 6.01. The highest BCUT2D eigenvalue weighted by molar-refractivity contribution is 6.46. The van der Waals surface area contributed by atoms with E-state index in [1.165, 1.54) is 4.90 Å². The highest BCUT2D eigenvalue weighted by Crippen LogP contribution is 2.41. The molecule has 1 aliphatic rings. The van der Waals surface area contributed by atoms with Crippen molar-refractivity contribution in [1.29, 1.82) is 0 Å². The van der Waals surface area contributed by atoms with Crippen molar-refractivity contribution < 1.29 is 19.4 Å². The normalized spacial score (nSPS) is 17.6. The Bertz CT molecular complexity index is 1200. The monoisotopic (exact) mass is 447 g/mol. The summed E-state index contributed by atoms with van der Waals surface area (Å²) in [6.45, 7) is 2.08. The molecule has 162 valence electrons. The fraction of sp³-hybridized carbons (Fsp3) is 0.154. The molecule has 1 amide bonds. The molecule has 0 aliphatic carbocycles. The first-order chi connectivity index (χ1) is 15.4. The van der Waals surface area contributed by atoms with E-state index in [2.05, 4.69) is 0 Å². The van der Waals surface area contributed by atoms with Crippen molar-refractivity contribution in [1.82, 2.24) is 4.90 Å². The summed E-state index contributed by atoms with van der Waals surface area (Å²) < 4.78 is 5.43. The molecule has 5 nitrogen and oxygen atoms in total. The van der Waals surface area contributed by atoms with Crippen molar-refractivity contribution in [2.75, 3.05) is 7.11 Å². The maximum atomic E-state index is 13.1. The van der Waals surface area contributed by atoms with E-state index in [0.717, 1.165) is 11.1 Å². The van der Waals surface area contributed by atoms with Crippen molar-refractivity contribution in [3.63, 3.8) is 0 Å². The number of carbonyl (C=O) groups is 2. The van der Waals surface area contributed by atoms with Crippen LogP contribution in [0.15, 0.2) is 78.4 Å². The van der Waals surface area contributed by atoms with Crippen molar-refractivity contribution in [2.24, 2.45) is 0 Å². The first-order valence-corrected chi connectivity index (χ1v) is 10.5. The SMILES string of the molecule is COc1ccccc1CN1C(=O)C(=O)/C(=C(/O)c2ccc(C)cc2)C1c1ccc(Cl)cc1. The van der Waals surface area contributed by atoms with Crippen LogP contribution in [0.2, 0.25) is 5.02 Å². The molecule has 0 spiro atoms. The molecule has 0 radical (unpaired) electrons. The molecule has 1 unspecified atom stereocenters. The molecular formula is C26H22ClNO4. The van der Waals surface area contributed by atoms with Crippen molar-refractivity contribution >= 4 is 29.1 Å².